The van der Waals surface area contributed by atoms with Crippen LogP contribution in [0.25, 0.3) is 0 Å². The van der Waals surface area contributed by atoms with Gasteiger partial charge in [0.05, 0.1) is 5.41 Å². The van der Waals surface area contributed by atoms with Crippen LogP contribution in [0, 0.1) is 0 Å². The Hall–Kier alpha value is -0.860. The highest BCUT2D eigenvalue weighted by atomic mass is 35.5. The molecule has 1 aromatic carbocycles. The van der Waals surface area contributed by atoms with Crippen molar-refractivity contribution in [3.05, 3.63) is 35.9 Å². The highest BCUT2D eigenvalue weighted by Crippen LogP contribution is 2.36. The summed E-state index contributed by atoms with van der Waals surface area (Å²) in [6.07, 6.45) is 2.88. The standard InChI is InChI=1S/C16H22ClNO/c1-14(19)16(15-6-3-2-4-7-15)8-12-18(13-9-16)11-5-10-17/h2-4,6-7H,5,8-13H2,1H3. The average molecular weight is 280 g/mol. The van der Waals surface area contributed by atoms with Gasteiger partial charge in [0.25, 0.3) is 0 Å². The minimum absolute atomic E-state index is 0.265. The van der Waals surface area contributed by atoms with E-state index in [0.29, 0.717) is 11.7 Å². The lowest BCUT2D eigenvalue weighted by molar-refractivity contribution is -0.124. The van der Waals surface area contributed by atoms with Crippen LogP contribution in [0.15, 0.2) is 30.3 Å². The van der Waals surface area contributed by atoms with Crippen molar-refractivity contribution < 1.29 is 4.79 Å². The molecule has 2 rings (SSSR count). The van der Waals surface area contributed by atoms with Crippen LogP contribution < -0.4 is 0 Å². The number of hydrogen-bond acceptors (Lipinski definition) is 2. The first-order valence-corrected chi connectivity index (χ1v) is 7.57. The molecule has 1 aromatic rings. The Balaban J connectivity index is 2.10. The van der Waals surface area contributed by atoms with Crippen LogP contribution in [0.2, 0.25) is 0 Å². The monoisotopic (exact) mass is 279 g/mol. The maximum absolute atomic E-state index is 12.2. The van der Waals surface area contributed by atoms with E-state index in [2.05, 4.69) is 17.0 Å². The number of rotatable bonds is 5. The van der Waals surface area contributed by atoms with Crippen molar-refractivity contribution in [3.63, 3.8) is 0 Å². The molecule has 3 heteroatoms. The van der Waals surface area contributed by atoms with Gasteiger partial charge in [0.1, 0.15) is 5.78 Å². The molecule has 0 spiro atoms. The van der Waals surface area contributed by atoms with E-state index >= 15 is 0 Å². The second-order valence-corrected chi connectivity index (χ2v) is 5.77. The summed E-state index contributed by atoms with van der Waals surface area (Å²) in [5.74, 6) is 1.02. The zero-order valence-electron chi connectivity index (χ0n) is 11.6. The summed E-state index contributed by atoms with van der Waals surface area (Å²) in [4.78, 5) is 14.6. The van der Waals surface area contributed by atoms with Crippen molar-refractivity contribution in [2.75, 3.05) is 25.5 Å². The SMILES string of the molecule is CC(=O)C1(c2ccccc2)CCN(CCCCl)CC1. The summed E-state index contributed by atoms with van der Waals surface area (Å²) in [7, 11) is 0. The number of hydrogen-bond donors (Lipinski definition) is 0. The van der Waals surface area contributed by atoms with Gasteiger partial charge in [0.2, 0.25) is 0 Å². The molecule has 0 radical (unpaired) electrons. The van der Waals surface area contributed by atoms with Gasteiger partial charge in [-0.05, 0) is 51.4 Å². The number of piperidine rings is 1. The second kappa shape index (κ2) is 6.53. The molecular weight excluding hydrogens is 258 g/mol. The van der Waals surface area contributed by atoms with Gasteiger partial charge in [0.15, 0.2) is 0 Å². The summed E-state index contributed by atoms with van der Waals surface area (Å²) in [5.41, 5.74) is 0.915. The summed E-state index contributed by atoms with van der Waals surface area (Å²) in [6, 6.07) is 10.2. The zero-order chi connectivity index (χ0) is 13.7. The maximum atomic E-state index is 12.2. The van der Waals surface area contributed by atoms with Crippen molar-refractivity contribution in [2.45, 2.75) is 31.6 Å². The molecule has 0 unspecified atom stereocenters. The van der Waals surface area contributed by atoms with Gasteiger partial charge in [0, 0.05) is 5.88 Å². The Morgan fingerprint density at radius 1 is 1.26 bits per heavy atom. The van der Waals surface area contributed by atoms with E-state index in [-0.39, 0.29) is 5.41 Å². The first-order valence-electron chi connectivity index (χ1n) is 7.04. The van der Waals surface area contributed by atoms with Gasteiger partial charge < -0.3 is 4.90 Å². The molecule has 0 N–H and O–H groups in total. The minimum Gasteiger partial charge on any atom is -0.303 e. The molecule has 19 heavy (non-hydrogen) atoms. The molecule has 0 amide bonds. The van der Waals surface area contributed by atoms with Crippen LogP contribution in [0.4, 0.5) is 0 Å². The third-order valence-electron chi connectivity index (χ3n) is 4.32. The molecule has 104 valence electrons. The average Bonchev–Trinajstić information content (AvgIpc) is 2.46. The van der Waals surface area contributed by atoms with Gasteiger partial charge in [-0.1, -0.05) is 30.3 Å². The Morgan fingerprint density at radius 2 is 1.89 bits per heavy atom. The van der Waals surface area contributed by atoms with Crippen LogP contribution in [0.3, 0.4) is 0 Å². The first kappa shape index (κ1) is 14.5. The predicted molar refractivity (Wildman–Crippen MR) is 79.8 cm³/mol. The predicted octanol–water partition coefficient (Wildman–Crippen LogP) is 3.24. The topological polar surface area (TPSA) is 20.3 Å². The lowest BCUT2D eigenvalue weighted by Gasteiger charge is -2.40. The maximum Gasteiger partial charge on any atom is 0.140 e. The number of carbonyl (C=O) groups excluding carboxylic acids is 1. The molecule has 1 aliphatic rings. The molecular formula is C16H22ClNO. The smallest absolute Gasteiger partial charge is 0.140 e. The summed E-state index contributed by atoms with van der Waals surface area (Å²) in [5, 5.41) is 0. The van der Waals surface area contributed by atoms with Gasteiger partial charge in [-0.15, -0.1) is 11.6 Å². The molecule has 0 aliphatic carbocycles. The lowest BCUT2D eigenvalue weighted by atomic mass is 9.70. The van der Waals surface area contributed by atoms with Crippen molar-refractivity contribution in [3.8, 4) is 0 Å². The Kier molecular flexibility index (Phi) is 5.00. The highest BCUT2D eigenvalue weighted by Gasteiger charge is 2.39. The fraction of sp³-hybridized carbons (Fsp3) is 0.562. The fourth-order valence-corrected chi connectivity index (χ4v) is 3.16. The van der Waals surface area contributed by atoms with E-state index in [1.807, 2.05) is 18.2 Å². The number of alkyl halides is 1. The van der Waals surface area contributed by atoms with E-state index in [9.17, 15) is 4.79 Å². The van der Waals surface area contributed by atoms with E-state index in [4.69, 9.17) is 11.6 Å². The van der Waals surface area contributed by atoms with Gasteiger partial charge in [-0.25, -0.2) is 0 Å². The Labute approximate surface area is 120 Å². The van der Waals surface area contributed by atoms with Gasteiger partial charge >= 0.3 is 0 Å². The lowest BCUT2D eigenvalue weighted by Crippen LogP contribution is -2.46. The molecule has 0 atom stereocenters. The first-order chi connectivity index (χ1) is 9.19. The molecule has 2 nitrogen and oxygen atoms in total. The number of Topliss-reactive ketones (excluding diaryl/α,β-unsaturated/α-hetero) is 1. The molecule has 0 saturated carbocycles. The van der Waals surface area contributed by atoms with Crippen molar-refractivity contribution >= 4 is 17.4 Å². The summed E-state index contributed by atoms with van der Waals surface area (Å²) >= 11 is 5.74. The molecule has 1 saturated heterocycles. The second-order valence-electron chi connectivity index (χ2n) is 5.39. The number of benzene rings is 1. The number of nitrogens with zero attached hydrogens (tertiary/aromatic N) is 1. The summed E-state index contributed by atoms with van der Waals surface area (Å²) in [6.45, 7) is 4.77. The normalized spacial score (nSPS) is 19.3. The largest absolute Gasteiger partial charge is 0.303 e. The Morgan fingerprint density at radius 3 is 2.42 bits per heavy atom. The number of likely N-dealkylation sites (tertiary alicyclic amines) is 1. The van der Waals surface area contributed by atoms with Crippen LogP contribution in [0.1, 0.15) is 31.7 Å². The molecule has 0 bridgehead atoms. The molecule has 1 heterocycles. The van der Waals surface area contributed by atoms with E-state index in [0.717, 1.165) is 38.9 Å². The van der Waals surface area contributed by atoms with Crippen molar-refractivity contribution in [1.82, 2.24) is 4.90 Å². The van der Waals surface area contributed by atoms with Crippen LogP contribution >= 0.6 is 11.6 Å². The highest BCUT2D eigenvalue weighted by molar-refractivity contribution is 6.17. The van der Waals surface area contributed by atoms with Crippen LogP contribution in [-0.4, -0.2) is 36.2 Å². The Bertz CT molecular complexity index is 410. The minimum atomic E-state index is -0.265. The third kappa shape index (κ3) is 3.18. The van der Waals surface area contributed by atoms with Crippen LogP contribution in [-0.2, 0) is 10.2 Å². The van der Waals surface area contributed by atoms with Gasteiger partial charge in [-0.2, -0.15) is 0 Å². The number of carbonyl (C=O) groups is 1. The van der Waals surface area contributed by atoms with Crippen molar-refractivity contribution in [2.24, 2.45) is 0 Å². The molecule has 1 fully saturated rings. The molecule has 0 aromatic heterocycles. The van der Waals surface area contributed by atoms with Crippen LogP contribution in [0.5, 0.6) is 0 Å². The third-order valence-corrected chi connectivity index (χ3v) is 4.59. The summed E-state index contributed by atoms with van der Waals surface area (Å²) < 4.78 is 0. The zero-order valence-corrected chi connectivity index (χ0v) is 12.3. The number of halogens is 1. The van der Waals surface area contributed by atoms with E-state index in [1.54, 1.807) is 6.92 Å². The van der Waals surface area contributed by atoms with Gasteiger partial charge in [-0.3, -0.25) is 4.79 Å². The fourth-order valence-electron chi connectivity index (χ4n) is 3.04. The van der Waals surface area contributed by atoms with Crippen molar-refractivity contribution in [1.29, 1.82) is 0 Å². The quantitative estimate of drug-likeness (QED) is 0.771. The molecule has 1 aliphatic heterocycles. The number of ketones is 1. The van der Waals surface area contributed by atoms with E-state index < -0.39 is 0 Å². The van der Waals surface area contributed by atoms with E-state index in [1.165, 1.54) is 5.56 Å².